The van der Waals surface area contributed by atoms with Crippen molar-refractivity contribution >= 4 is 46.2 Å². The fraction of sp³-hybridized carbons (Fsp3) is 0.200. The van der Waals surface area contributed by atoms with E-state index < -0.39 is 18.5 Å². The summed E-state index contributed by atoms with van der Waals surface area (Å²) >= 11 is 7.53. The topological polar surface area (TPSA) is 68.5 Å². The molecule has 1 heterocycles. The molecule has 3 rings (SSSR count). The molecule has 140 valence electrons. The molecule has 1 amide bonds. The van der Waals surface area contributed by atoms with E-state index in [1.54, 1.807) is 19.1 Å². The molecule has 5 nitrogen and oxygen atoms in total. The van der Waals surface area contributed by atoms with E-state index in [-0.39, 0.29) is 16.6 Å². The van der Waals surface area contributed by atoms with Crippen molar-refractivity contribution in [2.75, 3.05) is 12.9 Å². The molecular weight excluding hydrogens is 386 g/mol. The van der Waals surface area contributed by atoms with Gasteiger partial charge in [0.1, 0.15) is 11.3 Å². The van der Waals surface area contributed by atoms with Gasteiger partial charge in [0, 0.05) is 10.3 Å². The van der Waals surface area contributed by atoms with Crippen molar-refractivity contribution in [2.24, 2.45) is 0 Å². The number of rotatable bonds is 6. The van der Waals surface area contributed by atoms with Crippen molar-refractivity contribution in [1.29, 1.82) is 0 Å². The molecule has 0 aliphatic heterocycles. The molecule has 2 aromatic carbocycles. The monoisotopic (exact) mass is 403 g/mol. The maximum absolute atomic E-state index is 12.2. The third-order valence-electron chi connectivity index (χ3n) is 3.98. The number of amides is 1. The lowest BCUT2D eigenvalue weighted by Crippen LogP contribution is -2.31. The summed E-state index contributed by atoms with van der Waals surface area (Å²) in [6.07, 6.45) is 1.89. The Balaban J connectivity index is 1.58. The molecule has 0 fully saturated rings. The van der Waals surface area contributed by atoms with Gasteiger partial charge in [-0.3, -0.25) is 4.79 Å². The normalized spacial score (nSPS) is 12.0. The summed E-state index contributed by atoms with van der Waals surface area (Å²) < 4.78 is 10.8. The highest BCUT2D eigenvalue weighted by molar-refractivity contribution is 7.98. The van der Waals surface area contributed by atoms with Crippen molar-refractivity contribution in [3.8, 4) is 0 Å². The number of fused-ring (bicyclic) bond motifs is 1. The largest absolute Gasteiger partial charge is 0.459 e. The van der Waals surface area contributed by atoms with Crippen molar-refractivity contribution in [1.82, 2.24) is 5.32 Å². The first kappa shape index (κ1) is 19.3. The van der Waals surface area contributed by atoms with Gasteiger partial charge >= 0.3 is 5.97 Å². The molecule has 0 saturated carbocycles. The predicted octanol–water partition coefficient (Wildman–Crippen LogP) is 4.84. The number of hydrogen-bond acceptors (Lipinski definition) is 5. The van der Waals surface area contributed by atoms with Crippen LogP contribution in [0.25, 0.3) is 11.0 Å². The number of thioether (sulfide) groups is 1. The highest BCUT2D eigenvalue weighted by atomic mass is 35.5. The van der Waals surface area contributed by atoms with Crippen molar-refractivity contribution in [3.05, 3.63) is 64.9 Å². The Morgan fingerprint density at radius 1 is 1.22 bits per heavy atom. The number of hydrogen-bond donors (Lipinski definition) is 1. The van der Waals surface area contributed by atoms with Crippen LogP contribution in [0.15, 0.2) is 57.8 Å². The molecule has 1 aromatic heterocycles. The fourth-order valence-electron chi connectivity index (χ4n) is 2.57. The van der Waals surface area contributed by atoms with Gasteiger partial charge in [0.25, 0.3) is 5.91 Å². The maximum atomic E-state index is 12.2. The first-order valence-electron chi connectivity index (χ1n) is 8.26. The molecule has 0 spiro atoms. The Bertz CT molecular complexity index is 952. The molecule has 0 unspecified atom stereocenters. The van der Waals surface area contributed by atoms with E-state index in [1.165, 1.54) is 11.8 Å². The van der Waals surface area contributed by atoms with Crippen molar-refractivity contribution in [2.45, 2.75) is 17.9 Å². The van der Waals surface area contributed by atoms with Crippen molar-refractivity contribution in [3.63, 3.8) is 0 Å². The Kier molecular flexibility index (Phi) is 6.08. The quantitative estimate of drug-likeness (QED) is 0.471. The Morgan fingerprint density at radius 3 is 2.74 bits per heavy atom. The van der Waals surface area contributed by atoms with Gasteiger partial charge in [-0.15, -0.1) is 11.8 Å². The summed E-state index contributed by atoms with van der Waals surface area (Å²) in [7, 11) is 0. The number of nitrogens with one attached hydrogen (secondary N) is 1. The average molecular weight is 404 g/mol. The number of para-hydroxylation sites is 1. The summed E-state index contributed by atoms with van der Waals surface area (Å²) in [4.78, 5) is 25.2. The van der Waals surface area contributed by atoms with E-state index in [9.17, 15) is 9.59 Å². The van der Waals surface area contributed by atoms with Crippen LogP contribution in [0.1, 0.15) is 29.1 Å². The van der Waals surface area contributed by atoms with E-state index in [1.807, 2.05) is 42.7 Å². The third-order valence-corrected chi connectivity index (χ3v) is 5.03. The molecule has 0 aliphatic carbocycles. The van der Waals surface area contributed by atoms with E-state index in [2.05, 4.69) is 5.32 Å². The number of furan rings is 1. The van der Waals surface area contributed by atoms with Crippen molar-refractivity contribution < 1.29 is 18.7 Å². The molecule has 0 aliphatic rings. The summed E-state index contributed by atoms with van der Waals surface area (Å²) in [5, 5.41) is 4.00. The SMILES string of the molecule is CSc1ccc(Cl)c(C(=O)OCC(=O)N[C@@H](C)c2cc3ccccc3o2)c1. The van der Waals surface area contributed by atoms with Crippen LogP contribution in [-0.4, -0.2) is 24.7 Å². The molecule has 27 heavy (non-hydrogen) atoms. The zero-order valence-corrected chi connectivity index (χ0v) is 16.4. The standard InChI is InChI=1S/C20H18ClNO4S/c1-12(18-9-13-5-3-4-6-17(13)26-18)22-19(23)11-25-20(24)15-10-14(27-2)7-8-16(15)21/h3-10,12H,11H2,1-2H3,(H,22,23)/t12-/m0/s1. The smallest absolute Gasteiger partial charge is 0.340 e. The summed E-state index contributed by atoms with van der Waals surface area (Å²) in [5.41, 5.74) is 0.991. The number of esters is 1. The second-order valence-electron chi connectivity index (χ2n) is 5.90. The number of carbonyl (C=O) groups is 2. The Morgan fingerprint density at radius 2 is 2.00 bits per heavy atom. The first-order chi connectivity index (χ1) is 13.0. The van der Waals surface area contributed by atoms with Crippen LogP contribution in [0.2, 0.25) is 5.02 Å². The minimum atomic E-state index is -0.637. The molecule has 3 aromatic rings. The molecule has 7 heteroatoms. The third kappa shape index (κ3) is 4.64. The number of benzene rings is 2. The van der Waals surface area contributed by atoms with Gasteiger partial charge in [-0.25, -0.2) is 4.79 Å². The summed E-state index contributed by atoms with van der Waals surface area (Å²) in [5.74, 6) is -0.428. The molecule has 0 bridgehead atoms. The lowest BCUT2D eigenvalue weighted by atomic mass is 10.2. The predicted molar refractivity (Wildman–Crippen MR) is 106 cm³/mol. The van der Waals surface area contributed by atoms with E-state index in [0.717, 1.165) is 15.9 Å². The fourth-order valence-corrected chi connectivity index (χ4v) is 3.20. The highest BCUT2D eigenvalue weighted by Crippen LogP contribution is 2.24. The molecule has 1 atom stereocenters. The maximum Gasteiger partial charge on any atom is 0.340 e. The van der Waals surface area contributed by atoms with Gasteiger partial charge in [0.15, 0.2) is 6.61 Å². The molecule has 0 saturated heterocycles. The van der Waals surface area contributed by atoms with E-state index in [0.29, 0.717) is 5.76 Å². The molecule has 1 N–H and O–H groups in total. The minimum absolute atomic E-state index is 0.238. The zero-order valence-electron chi connectivity index (χ0n) is 14.8. The second-order valence-corrected chi connectivity index (χ2v) is 7.18. The number of carbonyl (C=O) groups excluding carboxylic acids is 2. The van der Waals surface area contributed by atoms with Crippen LogP contribution in [0, 0.1) is 0 Å². The zero-order chi connectivity index (χ0) is 19.4. The van der Waals surface area contributed by atoms with Crippen LogP contribution >= 0.6 is 23.4 Å². The van der Waals surface area contributed by atoms with Gasteiger partial charge in [0.05, 0.1) is 16.6 Å². The second kappa shape index (κ2) is 8.50. The van der Waals surface area contributed by atoms with Crippen LogP contribution in [-0.2, 0) is 9.53 Å². The Hall–Kier alpha value is -2.44. The molecular formula is C20H18ClNO4S. The van der Waals surface area contributed by atoms with Crippen LogP contribution in [0.5, 0.6) is 0 Å². The number of halogens is 1. The van der Waals surface area contributed by atoms with Crippen LogP contribution in [0.4, 0.5) is 0 Å². The average Bonchev–Trinajstić information content (AvgIpc) is 3.11. The van der Waals surface area contributed by atoms with Crippen LogP contribution in [0.3, 0.4) is 0 Å². The Labute approximate surface area is 166 Å². The minimum Gasteiger partial charge on any atom is -0.459 e. The van der Waals surface area contributed by atoms with Gasteiger partial charge in [-0.1, -0.05) is 29.8 Å². The summed E-state index contributed by atoms with van der Waals surface area (Å²) in [6.45, 7) is 1.40. The van der Waals surface area contributed by atoms with E-state index >= 15 is 0 Å². The van der Waals surface area contributed by atoms with Crippen LogP contribution < -0.4 is 5.32 Å². The van der Waals surface area contributed by atoms with Gasteiger partial charge in [-0.05, 0) is 43.5 Å². The highest BCUT2D eigenvalue weighted by Gasteiger charge is 2.17. The first-order valence-corrected chi connectivity index (χ1v) is 9.86. The lowest BCUT2D eigenvalue weighted by molar-refractivity contribution is -0.125. The van der Waals surface area contributed by atoms with Gasteiger partial charge in [0.2, 0.25) is 0 Å². The molecule has 0 radical (unpaired) electrons. The lowest BCUT2D eigenvalue weighted by Gasteiger charge is -2.12. The summed E-state index contributed by atoms with van der Waals surface area (Å²) in [6, 6.07) is 14.2. The van der Waals surface area contributed by atoms with Gasteiger partial charge < -0.3 is 14.5 Å². The van der Waals surface area contributed by atoms with Gasteiger partial charge in [-0.2, -0.15) is 0 Å². The number of ether oxygens (including phenoxy) is 1. The van der Waals surface area contributed by atoms with E-state index in [4.69, 9.17) is 20.8 Å².